The summed E-state index contributed by atoms with van der Waals surface area (Å²) in [6.07, 6.45) is 1.60. The van der Waals surface area contributed by atoms with E-state index in [9.17, 15) is 4.79 Å². The van der Waals surface area contributed by atoms with Crippen LogP contribution in [-0.2, 0) is 5.41 Å². The monoisotopic (exact) mass is 453 g/mol. The Kier molecular flexibility index (Phi) is 6.54. The number of aromatic nitrogens is 3. The highest BCUT2D eigenvalue weighted by Gasteiger charge is 2.18. The zero-order valence-electron chi connectivity index (χ0n) is 19.7. The molecule has 0 atom stereocenters. The lowest BCUT2D eigenvalue weighted by Crippen LogP contribution is -2.19. The summed E-state index contributed by atoms with van der Waals surface area (Å²) in [4.78, 5) is 17.3. The molecule has 4 rings (SSSR count). The van der Waals surface area contributed by atoms with Crippen molar-refractivity contribution in [2.75, 3.05) is 7.11 Å². The predicted molar refractivity (Wildman–Crippen MR) is 134 cm³/mol. The van der Waals surface area contributed by atoms with Crippen LogP contribution >= 0.6 is 0 Å². The number of nitrogens with one attached hydrogen (secondary N) is 1. The van der Waals surface area contributed by atoms with E-state index < -0.39 is 5.91 Å². The van der Waals surface area contributed by atoms with Gasteiger partial charge in [0.2, 0.25) is 5.82 Å². The summed E-state index contributed by atoms with van der Waals surface area (Å²) in [7, 11) is 1.61. The SMILES string of the molecule is COc1ccc(-n2nc(C(=O)NN=Cc3ccc(C(C)(C)C)cc3)nc2-c2ccccc2)cc1. The first kappa shape index (κ1) is 22.9. The van der Waals surface area contributed by atoms with E-state index in [1.54, 1.807) is 18.0 Å². The van der Waals surface area contributed by atoms with Crippen LogP contribution in [0.25, 0.3) is 17.1 Å². The van der Waals surface area contributed by atoms with Crippen LogP contribution in [0, 0.1) is 0 Å². The molecule has 4 aromatic rings. The Morgan fingerprint density at radius 3 is 2.26 bits per heavy atom. The minimum Gasteiger partial charge on any atom is -0.497 e. The summed E-state index contributed by atoms with van der Waals surface area (Å²) in [5.41, 5.74) is 6.32. The Balaban J connectivity index is 1.57. The van der Waals surface area contributed by atoms with Crippen LogP contribution < -0.4 is 10.2 Å². The lowest BCUT2D eigenvalue weighted by molar-refractivity contribution is 0.0945. The van der Waals surface area contributed by atoms with Crippen molar-refractivity contribution < 1.29 is 9.53 Å². The summed E-state index contributed by atoms with van der Waals surface area (Å²) in [5, 5.41) is 8.54. The van der Waals surface area contributed by atoms with Crippen LogP contribution in [0.1, 0.15) is 42.5 Å². The van der Waals surface area contributed by atoms with Crippen molar-refractivity contribution in [2.45, 2.75) is 26.2 Å². The van der Waals surface area contributed by atoms with Gasteiger partial charge in [-0.2, -0.15) is 5.10 Å². The molecule has 1 aromatic heterocycles. The Hall–Kier alpha value is -4.26. The van der Waals surface area contributed by atoms with Crippen molar-refractivity contribution in [3.8, 4) is 22.8 Å². The van der Waals surface area contributed by atoms with Crippen molar-refractivity contribution in [2.24, 2.45) is 5.10 Å². The molecular formula is C27H27N5O2. The Morgan fingerprint density at radius 1 is 0.971 bits per heavy atom. The number of benzene rings is 3. The Labute approximate surface area is 199 Å². The molecule has 0 spiro atoms. The average Bonchev–Trinajstić information content (AvgIpc) is 3.30. The van der Waals surface area contributed by atoms with E-state index in [0.29, 0.717) is 5.82 Å². The van der Waals surface area contributed by atoms with Gasteiger partial charge >= 0.3 is 5.91 Å². The zero-order chi connectivity index (χ0) is 24.1. The number of carbonyl (C=O) groups excluding carboxylic acids is 1. The first-order chi connectivity index (χ1) is 16.3. The number of ether oxygens (including phenoxy) is 1. The molecule has 3 aromatic carbocycles. The summed E-state index contributed by atoms with van der Waals surface area (Å²) in [6, 6.07) is 25.1. The third-order valence-corrected chi connectivity index (χ3v) is 5.32. The number of nitrogens with zero attached hydrogens (tertiary/aromatic N) is 4. The van der Waals surface area contributed by atoms with Crippen molar-refractivity contribution in [1.82, 2.24) is 20.2 Å². The molecular weight excluding hydrogens is 426 g/mol. The third kappa shape index (κ3) is 5.20. The van der Waals surface area contributed by atoms with Gasteiger partial charge in [-0.15, -0.1) is 5.10 Å². The maximum Gasteiger partial charge on any atom is 0.311 e. The van der Waals surface area contributed by atoms with Gasteiger partial charge in [0.05, 0.1) is 19.0 Å². The van der Waals surface area contributed by atoms with E-state index >= 15 is 0 Å². The fraction of sp³-hybridized carbons (Fsp3) is 0.185. The van der Waals surface area contributed by atoms with E-state index in [2.05, 4.69) is 53.5 Å². The first-order valence-electron chi connectivity index (χ1n) is 11.0. The maximum absolute atomic E-state index is 12.8. The highest BCUT2D eigenvalue weighted by Crippen LogP contribution is 2.23. The second-order valence-electron chi connectivity index (χ2n) is 8.81. The Bertz CT molecular complexity index is 1290. The number of methoxy groups -OCH3 is 1. The number of carbonyl (C=O) groups is 1. The normalized spacial score (nSPS) is 11.5. The topological polar surface area (TPSA) is 81.4 Å². The average molecular weight is 454 g/mol. The molecule has 7 nitrogen and oxygen atoms in total. The van der Waals surface area contributed by atoms with Crippen LogP contribution in [0.4, 0.5) is 0 Å². The van der Waals surface area contributed by atoms with E-state index in [4.69, 9.17) is 4.74 Å². The van der Waals surface area contributed by atoms with Crippen molar-refractivity contribution in [3.05, 3.63) is 95.8 Å². The molecule has 0 aliphatic carbocycles. The fourth-order valence-electron chi connectivity index (χ4n) is 3.37. The van der Waals surface area contributed by atoms with Gasteiger partial charge in [-0.25, -0.2) is 15.1 Å². The molecule has 1 amide bonds. The molecule has 0 fully saturated rings. The molecule has 0 saturated carbocycles. The van der Waals surface area contributed by atoms with Crippen LogP contribution in [0.3, 0.4) is 0 Å². The van der Waals surface area contributed by atoms with Gasteiger partial charge in [0.1, 0.15) is 5.75 Å². The quantitative estimate of drug-likeness (QED) is 0.329. The molecule has 0 bridgehead atoms. The van der Waals surface area contributed by atoms with Crippen LogP contribution in [0.2, 0.25) is 0 Å². The third-order valence-electron chi connectivity index (χ3n) is 5.32. The Morgan fingerprint density at radius 2 is 1.65 bits per heavy atom. The van der Waals surface area contributed by atoms with Gasteiger partial charge in [0, 0.05) is 5.56 Å². The molecule has 0 aliphatic heterocycles. The van der Waals surface area contributed by atoms with E-state index in [1.807, 2.05) is 66.7 Å². The lowest BCUT2D eigenvalue weighted by Gasteiger charge is -2.18. The number of hydrogen-bond donors (Lipinski definition) is 1. The zero-order valence-corrected chi connectivity index (χ0v) is 19.7. The molecule has 0 saturated heterocycles. The summed E-state index contributed by atoms with van der Waals surface area (Å²) in [5.74, 6) is 0.813. The first-order valence-corrected chi connectivity index (χ1v) is 11.0. The molecule has 1 heterocycles. The van der Waals surface area contributed by atoms with Gasteiger partial charge in [0.25, 0.3) is 0 Å². The minimum atomic E-state index is -0.494. The smallest absolute Gasteiger partial charge is 0.311 e. The van der Waals surface area contributed by atoms with Crippen LogP contribution in [0.5, 0.6) is 5.75 Å². The molecule has 7 heteroatoms. The maximum atomic E-state index is 12.8. The van der Waals surface area contributed by atoms with E-state index in [1.165, 1.54) is 5.56 Å². The summed E-state index contributed by atoms with van der Waals surface area (Å²) < 4.78 is 6.88. The minimum absolute atomic E-state index is 0.0231. The van der Waals surface area contributed by atoms with Gasteiger partial charge < -0.3 is 4.74 Å². The second kappa shape index (κ2) is 9.70. The van der Waals surface area contributed by atoms with Gasteiger partial charge in [-0.3, -0.25) is 4.79 Å². The summed E-state index contributed by atoms with van der Waals surface area (Å²) in [6.45, 7) is 6.49. The van der Waals surface area contributed by atoms with Crippen molar-refractivity contribution >= 4 is 12.1 Å². The fourth-order valence-corrected chi connectivity index (χ4v) is 3.37. The second-order valence-corrected chi connectivity index (χ2v) is 8.81. The molecule has 0 radical (unpaired) electrons. The van der Waals surface area contributed by atoms with Gasteiger partial charge in [-0.1, -0.05) is 75.4 Å². The number of rotatable bonds is 6. The number of hydrogen-bond acceptors (Lipinski definition) is 5. The van der Waals surface area contributed by atoms with Crippen molar-refractivity contribution in [1.29, 1.82) is 0 Å². The van der Waals surface area contributed by atoms with Crippen LogP contribution in [0.15, 0.2) is 84.0 Å². The van der Waals surface area contributed by atoms with E-state index in [-0.39, 0.29) is 11.2 Å². The highest BCUT2D eigenvalue weighted by molar-refractivity contribution is 5.92. The summed E-state index contributed by atoms with van der Waals surface area (Å²) >= 11 is 0. The van der Waals surface area contributed by atoms with Gasteiger partial charge in [-0.05, 0) is 40.8 Å². The number of hydrazone groups is 1. The van der Waals surface area contributed by atoms with Crippen molar-refractivity contribution in [3.63, 3.8) is 0 Å². The lowest BCUT2D eigenvalue weighted by atomic mass is 9.87. The predicted octanol–water partition coefficient (Wildman–Crippen LogP) is 5.00. The molecule has 34 heavy (non-hydrogen) atoms. The van der Waals surface area contributed by atoms with E-state index in [0.717, 1.165) is 22.6 Å². The molecule has 0 unspecified atom stereocenters. The standard InChI is InChI=1S/C27H27N5O2/c1-27(2,3)21-12-10-19(11-13-21)18-28-30-26(33)24-29-25(20-8-6-5-7-9-20)32(31-24)22-14-16-23(34-4)17-15-22/h5-18H,1-4H3,(H,30,33). The molecule has 0 aliphatic rings. The molecule has 172 valence electrons. The highest BCUT2D eigenvalue weighted by atomic mass is 16.5. The molecule has 1 N–H and O–H groups in total. The largest absolute Gasteiger partial charge is 0.497 e. The van der Waals surface area contributed by atoms with Crippen LogP contribution in [-0.4, -0.2) is 34.0 Å². The van der Waals surface area contributed by atoms with Gasteiger partial charge in [0.15, 0.2) is 5.82 Å². The number of amides is 1.